The van der Waals surface area contributed by atoms with Crippen LogP contribution in [0.2, 0.25) is 0 Å². The van der Waals surface area contributed by atoms with Crippen LogP contribution in [-0.2, 0) is 14.3 Å². The number of rotatable bonds is 4. The number of nitrogens with zero attached hydrogens (tertiary/aromatic N) is 1. The summed E-state index contributed by atoms with van der Waals surface area (Å²) in [5.41, 5.74) is 0. The summed E-state index contributed by atoms with van der Waals surface area (Å²) in [4.78, 5) is 20.3. The van der Waals surface area contributed by atoms with Crippen molar-refractivity contribution in [2.45, 2.75) is 12.8 Å². The number of carboxylic acids is 1. The summed E-state index contributed by atoms with van der Waals surface area (Å²) < 4.78 is 4.35. The van der Waals surface area contributed by atoms with Crippen molar-refractivity contribution in [2.75, 3.05) is 6.61 Å². The highest BCUT2D eigenvalue weighted by Gasteiger charge is 2.02. The van der Waals surface area contributed by atoms with Crippen molar-refractivity contribution < 1.29 is 19.4 Å². The van der Waals surface area contributed by atoms with E-state index >= 15 is 0 Å². The van der Waals surface area contributed by atoms with Gasteiger partial charge in [0, 0.05) is 0 Å². The normalized spacial score (nSPS) is 8.27. The summed E-state index contributed by atoms with van der Waals surface area (Å²) in [6, 6.07) is 1.58. The molecule has 0 aliphatic carbocycles. The van der Waals surface area contributed by atoms with Crippen molar-refractivity contribution in [3.8, 4) is 6.07 Å². The van der Waals surface area contributed by atoms with Gasteiger partial charge in [0.25, 0.3) is 0 Å². The number of carbonyl (C=O) groups is 2. The van der Waals surface area contributed by atoms with Crippen molar-refractivity contribution in [1.29, 1.82) is 5.26 Å². The Kier molecular flexibility index (Phi) is 4.49. The lowest BCUT2D eigenvalue weighted by molar-refractivity contribution is -0.145. The second-order valence-corrected chi connectivity index (χ2v) is 1.70. The van der Waals surface area contributed by atoms with Gasteiger partial charge in [-0.15, -0.1) is 0 Å². The maximum absolute atomic E-state index is 10.4. The first-order valence-corrected chi connectivity index (χ1v) is 2.91. The van der Waals surface area contributed by atoms with Crippen molar-refractivity contribution in [3.05, 3.63) is 0 Å². The molecule has 0 atom stereocenters. The van der Waals surface area contributed by atoms with Crippen LogP contribution < -0.4 is 0 Å². The number of esters is 1. The van der Waals surface area contributed by atoms with Crippen molar-refractivity contribution >= 4 is 11.9 Å². The zero-order valence-corrected chi connectivity index (χ0v) is 5.74. The molecule has 0 rings (SSSR count). The molecule has 0 aromatic rings. The monoisotopic (exact) mass is 157 g/mol. The van der Waals surface area contributed by atoms with Gasteiger partial charge in [-0.1, -0.05) is 0 Å². The number of hydrogen-bond acceptors (Lipinski definition) is 4. The van der Waals surface area contributed by atoms with E-state index in [1.54, 1.807) is 6.07 Å². The molecule has 5 heteroatoms. The molecule has 0 amide bonds. The van der Waals surface area contributed by atoms with E-state index in [9.17, 15) is 9.59 Å². The minimum atomic E-state index is -1.03. The van der Waals surface area contributed by atoms with Gasteiger partial charge in [-0.05, 0) is 0 Å². The molecule has 5 nitrogen and oxygen atoms in total. The SMILES string of the molecule is N#CCC(=O)OCCC(=O)O. The summed E-state index contributed by atoms with van der Waals surface area (Å²) in [6.45, 7) is -0.171. The van der Waals surface area contributed by atoms with Crippen LogP contribution in [0.3, 0.4) is 0 Å². The quantitative estimate of drug-likeness (QED) is 0.576. The maximum atomic E-state index is 10.4. The molecule has 11 heavy (non-hydrogen) atoms. The fourth-order valence-corrected chi connectivity index (χ4v) is 0.368. The third-order valence-corrected chi connectivity index (χ3v) is 0.802. The third-order valence-electron chi connectivity index (χ3n) is 0.802. The van der Waals surface area contributed by atoms with Crippen molar-refractivity contribution in [1.82, 2.24) is 0 Å². The summed E-state index contributed by atoms with van der Waals surface area (Å²) in [5, 5.41) is 16.1. The molecule has 0 spiro atoms. The zero-order valence-electron chi connectivity index (χ0n) is 5.74. The van der Waals surface area contributed by atoms with Crippen LogP contribution in [-0.4, -0.2) is 23.7 Å². The molecule has 0 saturated carbocycles. The highest BCUT2D eigenvalue weighted by atomic mass is 16.5. The molecule has 0 radical (unpaired) electrons. The highest BCUT2D eigenvalue weighted by Crippen LogP contribution is 1.87. The van der Waals surface area contributed by atoms with Gasteiger partial charge in [-0.3, -0.25) is 9.59 Å². The highest BCUT2D eigenvalue weighted by molar-refractivity contribution is 5.72. The van der Waals surface area contributed by atoms with Crippen molar-refractivity contribution in [2.24, 2.45) is 0 Å². The van der Waals surface area contributed by atoms with Crippen LogP contribution in [0.15, 0.2) is 0 Å². The van der Waals surface area contributed by atoms with Gasteiger partial charge in [0.2, 0.25) is 0 Å². The van der Waals surface area contributed by atoms with Crippen LogP contribution in [0.25, 0.3) is 0 Å². The first-order valence-electron chi connectivity index (χ1n) is 2.91. The molecular weight excluding hydrogens is 150 g/mol. The van der Waals surface area contributed by atoms with Gasteiger partial charge in [0.05, 0.1) is 12.5 Å². The van der Waals surface area contributed by atoms with E-state index in [1.807, 2.05) is 0 Å². The van der Waals surface area contributed by atoms with Gasteiger partial charge in [-0.25, -0.2) is 0 Å². The van der Waals surface area contributed by atoms with Gasteiger partial charge in [-0.2, -0.15) is 5.26 Å². The number of carbonyl (C=O) groups excluding carboxylic acids is 1. The average Bonchev–Trinajstić information content (AvgIpc) is 1.87. The standard InChI is InChI=1S/C6H7NO4/c7-3-1-6(10)11-4-2-5(8)9/h1-2,4H2,(H,8,9). The molecule has 0 aliphatic rings. The Morgan fingerprint density at radius 1 is 1.55 bits per heavy atom. The van der Waals surface area contributed by atoms with Gasteiger partial charge in [0.1, 0.15) is 13.0 Å². The Morgan fingerprint density at radius 2 is 2.18 bits per heavy atom. The van der Waals surface area contributed by atoms with E-state index in [0.29, 0.717) is 0 Å². The number of aliphatic carboxylic acids is 1. The Labute approximate surface area is 63.2 Å². The molecule has 0 unspecified atom stereocenters. The molecule has 0 heterocycles. The van der Waals surface area contributed by atoms with Crippen LogP contribution in [0, 0.1) is 11.3 Å². The van der Waals surface area contributed by atoms with Crippen LogP contribution in [0.4, 0.5) is 0 Å². The van der Waals surface area contributed by atoms with Gasteiger partial charge < -0.3 is 9.84 Å². The maximum Gasteiger partial charge on any atom is 0.320 e. The van der Waals surface area contributed by atoms with E-state index in [1.165, 1.54) is 0 Å². The van der Waals surface area contributed by atoms with E-state index in [4.69, 9.17) is 10.4 Å². The van der Waals surface area contributed by atoms with Crippen LogP contribution in [0.1, 0.15) is 12.8 Å². The molecule has 0 saturated heterocycles. The second kappa shape index (κ2) is 5.23. The molecule has 0 fully saturated rings. The number of ether oxygens (including phenoxy) is 1. The van der Waals surface area contributed by atoms with Gasteiger partial charge in [0.15, 0.2) is 0 Å². The van der Waals surface area contributed by atoms with E-state index in [2.05, 4.69) is 4.74 Å². The van der Waals surface area contributed by atoms with Crippen LogP contribution in [0.5, 0.6) is 0 Å². The number of carboxylic acid groups (broad SMARTS) is 1. The Bertz CT molecular complexity index is 193. The molecule has 0 aromatic carbocycles. The smallest absolute Gasteiger partial charge is 0.320 e. The molecule has 0 aliphatic heterocycles. The molecule has 0 bridgehead atoms. The first kappa shape index (κ1) is 9.43. The van der Waals surface area contributed by atoms with E-state index < -0.39 is 11.9 Å². The molecule has 60 valence electrons. The van der Waals surface area contributed by atoms with Gasteiger partial charge >= 0.3 is 11.9 Å². The predicted molar refractivity (Wildman–Crippen MR) is 33.4 cm³/mol. The summed E-state index contributed by atoms with van der Waals surface area (Å²) in [6.07, 6.45) is -0.559. The fraction of sp³-hybridized carbons (Fsp3) is 0.500. The van der Waals surface area contributed by atoms with Crippen LogP contribution >= 0.6 is 0 Å². The van der Waals surface area contributed by atoms with Crippen molar-refractivity contribution in [3.63, 3.8) is 0 Å². The predicted octanol–water partition coefficient (Wildman–Crippen LogP) is -0.0820. The fourth-order valence-electron chi connectivity index (χ4n) is 0.368. The topological polar surface area (TPSA) is 87.4 Å². The molecular formula is C6H7NO4. The molecule has 0 aromatic heterocycles. The number of hydrogen-bond donors (Lipinski definition) is 1. The summed E-state index contributed by atoms with van der Waals surface area (Å²) in [5.74, 6) is -1.72. The Morgan fingerprint density at radius 3 is 2.64 bits per heavy atom. The second-order valence-electron chi connectivity index (χ2n) is 1.70. The summed E-state index contributed by atoms with van der Waals surface area (Å²) >= 11 is 0. The Balaban J connectivity index is 3.33. The lowest BCUT2D eigenvalue weighted by Gasteiger charge is -1.97. The Hall–Kier alpha value is -1.57. The lowest BCUT2D eigenvalue weighted by Crippen LogP contribution is -2.08. The minimum absolute atomic E-state index is 0.171. The number of nitriles is 1. The molecule has 1 N–H and O–H groups in total. The zero-order chi connectivity index (χ0) is 8.69. The lowest BCUT2D eigenvalue weighted by atomic mass is 10.4. The average molecular weight is 157 g/mol. The third kappa shape index (κ3) is 6.31. The summed E-state index contributed by atoms with van der Waals surface area (Å²) in [7, 11) is 0. The minimum Gasteiger partial charge on any atom is -0.481 e. The first-order chi connectivity index (χ1) is 5.16. The van der Waals surface area contributed by atoms with E-state index in [-0.39, 0.29) is 19.4 Å². The largest absolute Gasteiger partial charge is 0.481 e. The van der Waals surface area contributed by atoms with E-state index in [0.717, 1.165) is 0 Å².